The van der Waals surface area contributed by atoms with Crippen molar-refractivity contribution in [3.05, 3.63) is 53.9 Å². The van der Waals surface area contributed by atoms with Crippen molar-refractivity contribution in [1.29, 1.82) is 0 Å². The quantitative estimate of drug-likeness (QED) is 0.835. The van der Waals surface area contributed by atoms with Crippen LogP contribution in [0.3, 0.4) is 0 Å². The minimum absolute atomic E-state index is 0.247. The van der Waals surface area contributed by atoms with E-state index >= 15 is 0 Å². The van der Waals surface area contributed by atoms with Crippen molar-refractivity contribution in [3.8, 4) is 0 Å². The first-order valence-electron chi connectivity index (χ1n) is 5.10. The summed E-state index contributed by atoms with van der Waals surface area (Å²) >= 11 is 0. The van der Waals surface area contributed by atoms with Gasteiger partial charge in [0.05, 0.1) is 17.8 Å². The monoisotopic (exact) mass is 229 g/mol. The zero-order chi connectivity index (χ0) is 12.1. The lowest BCUT2D eigenvalue weighted by atomic mass is 10.2. The Morgan fingerprint density at radius 3 is 2.76 bits per heavy atom. The van der Waals surface area contributed by atoms with E-state index in [0.29, 0.717) is 12.2 Å². The molecule has 5 nitrogen and oxygen atoms in total. The maximum atomic E-state index is 11.0. The Morgan fingerprint density at radius 2 is 2.06 bits per heavy atom. The number of nitrogens with one attached hydrogen (secondary N) is 1. The van der Waals surface area contributed by atoms with Crippen LogP contribution in [-0.2, 0) is 6.54 Å². The first-order valence-corrected chi connectivity index (χ1v) is 5.10. The van der Waals surface area contributed by atoms with Gasteiger partial charge in [-0.15, -0.1) is 0 Å². The van der Waals surface area contributed by atoms with E-state index in [9.17, 15) is 4.79 Å². The molecule has 2 rings (SSSR count). The first-order chi connectivity index (χ1) is 8.27. The van der Waals surface area contributed by atoms with Crippen molar-refractivity contribution in [2.24, 2.45) is 0 Å². The average Bonchev–Trinajstić information content (AvgIpc) is 2.38. The number of aromatic carboxylic acids is 1. The molecule has 1 heterocycles. The molecule has 2 N–H and O–H groups in total. The van der Waals surface area contributed by atoms with Crippen LogP contribution in [0, 0.1) is 0 Å². The summed E-state index contributed by atoms with van der Waals surface area (Å²) in [4.78, 5) is 11.0. The fourth-order valence-electron chi connectivity index (χ4n) is 1.44. The lowest BCUT2D eigenvalue weighted by Gasteiger charge is -2.08. The van der Waals surface area contributed by atoms with E-state index < -0.39 is 5.97 Å². The zero-order valence-corrected chi connectivity index (χ0v) is 9.00. The summed E-state index contributed by atoms with van der Waals surface area (Å²) in [7, 11) is 0. The van der Waals surface area contributed by atoms with Crippen molar-refractivity contribution < 1.29 is 9.90 Å². The minimum Gasteiger partial charge on any atom is -0.478 e. The van der Waals surface area contributed by atoms with Crippen LogP contribution in [-0.4, -0.2) is 21.3 Å². The van der Waals surface area contributed by atoms with Crippen molar-refractivity contribution >= 4 is 11.7 Å². The van der Waals surface area contributed by atoms with Crippen LogP contribution in [0.15, 0.2) is 42.6 Å². The van der Waals surface area contributed by atoms with Crippen LogP contribution in [0.4, 0.5) is 5.69 Å². The highest BCUT2D eigenvalue weighted by atomic mass is 16.4. The Morgan fingerprint density at radius 1 is 1.24 bits per heavy atom. The minimum atomic E-state index is -0.952. The molecule has 0 fully saturated rings. The third kappa shape index (κ3) is 2.78. The van der Waals surface area contributed by atoms with Gasteiger partial charge in [0.2, 0.25) is 0 Å². The summed E-state index contributed by atoms with van der Waals surface area (Å²) in [5.74, 6) is -0.952. The smallest absolute Gasteiger partial charge is 0.337 e. The lowest BCUT2D eigenvalue weighted by Crippen LogP contribution is -2.07. The van der Waals surface area contributed by atoms with Gasteiger partial charge in [0.25, 0.3) is 0 Å². The molecule has 2 aromatic rings. The second kappa shape index (κ2) is 5.07. The van der Waals surface area contributed by atoms with Crippen LogP contribution in [0.5, 0.6) is 0 Å². The molecular formula is C12H11N3O2. The molecule has 0 bridgehead atoms. The fraction of sp³-hybridized carbons (Fsp3) is 0.0833. The van der Waals surface area contributed by atoms with Crippen molar-refractivity contribution in [2.75, 3.05) is 5.32 Å². The number of benzene rings is 1. The maximum absolute atomic E-state index is 11.0. The topological polar surface area (TPSA) is 75.1 Å². The molecule has 0 radical (unpaired) electrons. The van der Waals surface area contributed by atoms with Gasteiger partial charge in [0.15, 0.2) is 0 Å². The maximum Gasteiger partial charge on any atom is 0.337 e. The van der Waals surface area contributed by atoms with Gasteiger partial charge in [-0.1, -0.05) is 12.1 Å². The number of aromatic nitrogens is 2. The Hall–Kier alpha value is -2.43. The summed E-state index contributed by atoms with van der Waals surface area (Å²) in [6.45, 7) is 0.443. The van der Waals surface area contributed by atoms with E-state index in [0.717, 1.165) is 5.69 Å². The molecule has 1 aromatic heterocycles. The molecule has 0 saturated heterocycles. The number of hydrogen-bond acceptors (Lipinski definition) is 4. The van der Waals surface area contributed by atoms with E-state index in [1.54, 1.807) is 36.5 Å². The molecule has 1 aromatic carbocycles. The number of carbonyl (C=O) groups is 1. The van der Waals surface area contributed by atoms with Gasteiger partial charge in [-0.25, -0.2) is 4.79 Å². The summed E-state index contributed by atoms with van der Waals surface area (Å²) in [6, 6.07) is 10.4. The van der Waals surface area contributed by atoms with Crippen LogP contribution in [0.25, 0.3) is 0 Å². The number of carboxylic acids is 1. The SMILES string of the molecule is O=C(O)c1ccccc1NCc1cccnn1. The molecule has 0 aliphatic heterocycles. The van der Waals surface area contributed by atoms with E-state index in [-0.39, 0.29) is 5.56 Å². The highest BCUT2D eigenvalue weighted by Gasteiger charge is 2.08. The standard InChI is InChI=1S/C12H11N3O2/c16-12(17)10-5-1-2-6-11(10)13-8-9-4-3-7-14-15-9/h1-7,13H,8H2,(H,16,17). The molecule has 17 heavy (non-hydrogen) atoms. The molecule has 0 atom stereocenters. The van der Waals surface area contributed by atoms with Gasteiger partial charge in [-0.05, 0) is 24.3 Å². The summed E-state index contributed by atoms with van der Waals surface area (Å²) < 4.78 is 0. The van der Waals surface area contributed by atoms with Gasteiger partial charge >= 0.3 is 5.97 Å². The molecule has 0 amide bonds. The number of anilines is 1. The van der Waals surface area contributed by atoms with E-state index in [2.05, 4.69) is 15.5 Å². The average molecular weight is 229 g/mol. The number of carboxylic acid groups (broad SMARTS) is 1. The van der Waals surface area contributed by atoms with Crippen molar-refractivity contribution in [2.45, 2.75) is 6.54 Å². The fourth-order valence-corrected chi connectivity index (χ4v) is 1.44. The third-order valence-corrected chi connectivity index (χ3v) is 2.24. The number of para-hydroxylation sites is 1. The molecule has 0 spiro atoms. The van der Waals surface area contributed by atoms with Gasteiger partial charge < -0.3 is 10.4 Å². The Labute approximate surface area is 98.1 Å². The number of hydrogen-bond donors (Lipinski definition) is 2. The molecule has 0 saturated carbocycles. The van der Waals surface area contributed by atoms with E-state index in [1.165, 1.54) is 0 Å². The van der Waals surface area contributed by atoms with E-state index in [1.807, 2.05) is 6.07 Å². The molecule has 86 valence electrons. The summed E-state index contributed by atoms with van der Waals surface area (Å²) in [5.41, 5.74) is 1.58. The molecule has 5 heteroatoms. The second-order valence-corrected chi connectivity index (χ2v) is 3.42. The summed E-state index contributed by atoms with van der Waals surface area (Å²) in [5, 5.41) is 19.7. The van der Waals surface area contributed by atoms with Gasteiger partial charge in [0.1, 0.15) is 0 Å². The predicted molar refractivity (Wildman–Crippen MR) is 62.8 cm³/mol. The van der Waals surface area contributed by atoms with Gasteiger partial charge in [-0.3, -0.25) is 0 Å². The van der Waals surface area contributed by atoms with Crippen LogP contribution >= 0.6 is 0 Å². The number of rotatable bonds is 4. The molecular weight excluding hydrogens is 218 g/mol. The van der Waals surface area contributed by atoms with Crippen LogP contribution in [0.1, 0.15) is 16.1 Å². The normalized spacial score (nSPS) is 9.88. The van der Waals surface area contributed by atoms with Gasteiger partial charge in [-0.2, -0.15) is 10.2 Å². The lowest BCUT2D eigenvalue weighted by molar-refractivity contribution is 0.0698. The molecule has 0 unspecified atom stereocenters. The highest BCUT2D eigenvalue weighted by molar-refractivity contribution is 5.94. The second-order valence-electron chi connectivity index (χ2n) is 3.42. The number of nitrogens with zero attached hydrogens (tertiary/aromatic N) is 2. The van der Waals surface area contributed by atoms with Crippen molar-refractivity contribution in [3.63, 3.8) is 0 Å². The van der Waals surface area contributed by atoms with E-state index in [4.69, 9.17) is 5.11 Å². The van der Waals surface area contributed by atoms with Crippen LogP contribution in [0.2, 0.25) is 0 Å². The third-order valence-electron chi connectivity index (χ3n) is 2.24. The highest BCUT2D eigenvalue weighted by Crippen LogP contribution is 2.15. The largest absolute Gasteiger partial charge is 0.478 e. The Kier molecular flexibility index (Phi) is 3.30. The Balaban J connectivity index is 2.12. The summed E-state index contributed by atoms with van der Waals surface area (Å²) in [6.07, 6.45) is 1.59. The first kappa shape index (κ1) is 11.1. The molecule has 0 aliphatic rings. The predicted octanol–water partition coefficient (Wildman–Crippen LogP) is 1.79. The van der Waals surface area contributed by atoms with Crippen molar-refractivity contribution in [1.82, 2.24) is 10.2 Å². The molecule has 0 aliphatic carbocycles. The van der Waals surface area contributed by atoms with Gasteiger partial charge in [0, 0.05) is 11.9 Å². The Bertz CT molecular complexity index is 514. The zero-order valence-electron chi connectivity index (χ0n) is 9.00. The van der Waals surface area contributed by atoms with Crippen LogP contribution < -0.4 is 5.32 Å².